The van der Waals surface area contributed by atoms with Crippen molar-refractivity contribution < 1.29 is 18.3 Å². The molecular formula is C8H6BrF2NO3. The number of carbonyl (C=O) groups is 1. The monoisotopic (exact) mass is 281 g/mol. The molecule has 0 spiro atoms. The van der Waals surface area contributed by atoms with Crippen molar-refractivity contribution in [1.82, 2.24) is 4.98 Å². The highest BCUT2D eigenvalue weighted by Gasteiger charge is 2.18. The Labute approximate surface area is 91.4 Å². The number of aromatic nitrogens is 1. The second-order valence-corrected chi connectivity index (χ2v) is 3.36. The van der Waals surface area contributed by atoms with E-state index < -0.39 is 23.5 Å². The molecule has 82 valence electrons. The summed E-state index contributed by atoms with van der Waals surface area (Å²) in [4.78, 5) is 24.3. The van der Waals surface area contributed by atoms with Crippen molar-refractivity contribution in [3.63, 3.8) is 0 Å². The number of pyridine rings is 1. The zero-order chi connectivity index (χ0) is 11.6. The van der Waals surface area contributed by atoms with Crippen molar-refractivity contribution in [2.45, 2.75) is 6.43 Å². The van der Waals surface area contributed by atoms with Crippen LogP contribution in [0, 0.1) is 0 Å². The molecular weight excluding hydrogens is 276 g/mol. The summed E-state index contributed by atoms with van der Waals surface area (Å²) in [7, 11) is 1.09. The van der Waals surface area contributed by atoms with Crippen LogP contribution in [0.25, 0.3) is 0 Å². The predicted molar refractivity (Wildman–Crippen MR) is 51.1 cm³/mol. The van der Waals surface area contributed by atoms with Crippen LogP contribution in [0.3, 0.4) is 0 Å². The molecule has 4 nitrogen and oxygen atoms in total. The van der Waals surface area contributed by atoms with Crippen LogP contribution in [0.4, 0.5) is 8.78 Å². The summed E-state index contributed by atoms with van der Waals surface area (Å²) in [5.41, 5.74) is -1.65. The fraction of sp³-hybridized carbons (Fsp3) is 0.250. The molecule has 0 bridgehead atoms. The third-order valence-corrected chi connectivity index (χ3v) is 2.44. The molecule has 0 atom stereocenters. The molecule has 1 heterocycles. The van der Waals surface area contributed by atoms with Crippen LogP contribution in [0.15, 0.2) is 15.3 Å². The molecule has 0 aromatic carbocycles. The average molecular weight is 282 g/mol. The van der Waals surface area contributed by atoms with Gasteiger partial charge in [-0.15, -0.1) is 0 Å². The van der Waals surface area contributed by atoms with Gasteiger partial charge in [-0.3, -0.25) is 4.79 Å². The zero-order valence-electron chi connectivity index (χ0n) is 7.51. The molecule has 7 heteroatoms. The number of methoxy groups -OCH3 is 1. The predicted octanol–water partition coefficient (Wildman–Crippen LogP) is 1.86. The van der Waals surface area contributed by atoms with E-state index in [9.17, 15) is 18.4 Å². The lowest BCUT2D eigenvalue weighted by Gasteiger charge is -2.05. The molecule has 0 aliphatic heterocycles. The molecule has 1 N–H and O–H groups in total. The number of carbonyl (C=O) groups excluding carboxylic acids is 1. The van der Waals surface area contributed by atoms with Crippen molar-refractivity contribution in [2.24, 2.45) is 0 Å². The van der Waals surface area contributed by atoms with Crippen molar-refractivity contribution in [3.8, 4) is 0 Å². The van der Waals surface area contributed by atoms with Gasteiger partial charge in [-0.05, 0) is 15.9 Å². The number of hydrogen-bond donors (Lipinski definition) is 1. The Kier molecular flexibility index (Phi) is 3.57. The first-order chi connectivity index (χ1) is 6.97. The number of aromatic amines is 1. The van der Waals surface area contributed by atoms with E-state index in [1.54, 1.807) is 0 Å². The van der Waals surface area contributed by atoms with Gasteiger partial charge in [0, 0.05) is 6.07 Å². The molecule has 0 fully saturated rings. The Hall–Kier alpha value is -1.24. The Morgan fingerprint density at radius 1 is 1.60 bits per heavy atom. The summed E-state index contributed by atoms with van der Waals surface area (Å²) in [5.74, 6) is -0.874. The molecule has 0 aliphatic carbocycles. The third-order valence-electron chi connectivity index (χ3n) is 1.62. The van der Waals surface area contributed by atoms with Gasteiger partial charge in [-0.2, -0.15) is 0 Å². The van der Waals surface area contributed by atoms with Gasteiger partial charge in [0.2, 0.25) is 0 Å². The lowest BCUT2D eigenvalue weighted by atomic mass is 10.3. The lowest BCUT2D eigenvalue weighted by molar-refractivity contribution is 0.0592. The highest BCUT2D eigenvalue weighted by atomic mass is 79.9. The normalized spacial score (nSPS) is 10.5. The summed E-state index contributed by atoms with van der Waals surface area (Å²) < 4.78 is 28.8. The number of hydrogen-bond acceptors (Lipinski definition) is 3. The molecule has 0 radical (unpaired) electrons. The van der Waals surface area contributed by atoms with Crippen LogP contribution in [-0.4, -0.2) is 18.1 Å². The van der Waals surface area contributed by atoms with Crippen LogP contribution < -0.4 is 5.43 Å². The van der Waals surface area contributed by atoms with E-state index in [4.69, 9.17) is 0 Å². The first kappa shape index (κ1) is 11.8. The van der Waals surface area contributed by atoms with Gasteiger partial charge in [-0.1, -0.05) is 0 Å². The van der Waals surface area contributed by atoms with Crippen LogP contribution in [-0.2, 0) is 4.74 Å². The van der Waals surface area contributed by atoms with E-state index in [-0.39, 0.29) is 10.2 Å². The molecule has 1 aromatic rings. The molecule has 15 heavy (non-hydrogen) atoms. The fourth-order valence-corrected chi connectivity index (χ4v) is 1.32. The smallest absolute Gasteiger partial charge is 0.354 e. The number of ether oxygens (including phenoxy) is 1. The summed E-state index contributed by atoms with van der Waals surface area (Å²) in [6.07, 6.45) is -2.88. The number of nitrogens with one attached hydrogen (secondary N) is 1. The minimum absolute atomic E-state index is 0.287. The first-order valence-electron chi connectivity index (χ1n) is 3.76. The van der Waals surface area contributed by atoms with Crippen LogP contribution in [0.5, 0.6) is 0 Å². The summed E-state index contributed by atoms with van der Waals surface area (Å²) >= 11 is 2.71. The summed E-state index contributed by atoms with van der Waals surface area (Å²) in [6, 6.07) is 0.891. The quantitative estimate of drug-likeness (QED) is 0.842. The fourth-order valence-electron chi connectivity index (χ4n) is 0.933. The topological polar surface area (TPSA) is 59.2 Å². The van der Waals surface area contributed by atoms with Crippen molar-refractivity contribution in [1.29, 1.82) is 0 Å². The largest absolute Gasteiger partial charge is 0.464 e. The molecule has 0 amide bonds. The van der Waals surface area contributed by atoms with Crippen LogP contribution in [0.2, 0.25) is 0 Å². The minimum atomic E-state index is -2.88. The highest BCUT2D eigenvalue weighted by molar-refractivity contribution is 9.10. The van der Waals surface area contributed by atoms with Crippen LogP contribution >= 0.6 is 15.9 Å². The van der Waals surface area contributed by atoms with E-state index in [1.807, 2.05) is 0 Å². The van der Waals surface area contributed by atoms with E-state index >= 15 is 0 Å². The second kappa shape index (κ2) is 4.52. The minimum Gasteiger partial charge on any atom is -0.464 e. The standard InChI is InChI=1S/C8H6BrF2NO3/c1-15-8(14)3-2-4(13)5(9)6(12-3)7(10)11/h2,7H,1H3,(H,12,13). The molecule has 0 aliphatic rings. The second-order valence-electron chi connectivity index (χ2n) is 2.57. The van der Waals surface area contributed by atoms with Crippen molar-refractivity contribution in [2.75, 3.05) is 7.11 Å². The van der Waals surface area contributed by atoms with Crippen molar-refractivity contribution in [3.05, 3.63) is 32.2 Å². The number of H-pyrrole nitrogens is 1. The van der Waals surface area contributed by atoms with Crippen LogP contribution in [0.1, 0.15) is 22.6 Å². The summed E-state index contributed by atoms with van der Waals surface area (Å²) in [5, 5.41) is 0. The van der Waals surface area contributed by atoms with Gasteiger partial charge in [0.1, 0.15) is 11.4 Å². The van der Waals surface area contributed by atoms with E-state index in [0.717, 1.165) is 13.2 Å². The Balaban J connectivity index is 3.36. The van der Waals surface area contributed by atoms with E-state index in [2.05, 4.69) is 25.7 Å². The Morgan fingerprint density at radius 3 is 2.67 bits per heavy atom. The van der Waals surface area contributed by atoms with E-state index in [1.165, 1.54) is 0 Å². The lowest BCUT2D eigenvalue weighted by Crippen LogP contribution is -2.14. The maximum atomic E-state index is 12.4. The number of alkyl halides is 2. The number of halogens is 3. The van der Waals surface area contributed by atoms with Gasteiger partial charge in [0.05, 0.1) is 11.6 Å². The first-order valence-corrected chi connectivity index (χ1v) is 4.56. The molecule has 0 saturated carbocycles. The maximum absolute atomic E-state index is 12.4. The van der Waals surface area contributed by atoms with Gasteiger partial charge in [0.15, 0.2) is 5.43 Å². The van der Waals surface area contributed by atoms with Gasteiger partial charge < -0.3 is 9.72 Å². The van der Waals surface area contributed by atoms with E-state index in [0.29, 0.717) is 0 Å². The third kappa shape index (κ3) is 2.41. The van der Waals surface area contributed by atoms with Gasteiger partial charge >= 0.3 is 5.97 Å². The Bertz CT molecular complexity index is 444. The molecule has 1 aromatic heterocycles. The SMILES string of the molecule is COC(=O)c1cc(=O)c(Br)c(C(F)F)[nH]1. The zero-order valence-corrected chi connectivity index (χ0v) is 9.10. The number of rotatable bonds is 2. The Morgan fingerprint density at radius 2 is 2.20 bits per heavy atom. The number of esters is 1. The molecule has 1 rings (SSSR count). The maximum Gasteiger partial charge on any atom is 0.354 e. The summed E-state index contributed by atoms with van der Waals surface area (Å²) in [6.45, 7) is 0. The van der Waals surface area contributed by atoms with Gasteiger partial charge in [0.25, 0.3) is 6.43 Å². The molecule has 0 saturated heterocycles. The van der Waals surface area contributed by atoms with Crippen molar-refractivity contribution >= 4 is 21.9 Å². The van der Waals surface area contributed by atoms with Gasteiger partial charge in [-0.25, -0.2) is 13.6 Å². The average Bonchev–Trinajstić information content (AvgIpc) is 2.20. The highest BCUT2D eigenvalue weighted by Crippen LogP contribution is 2.22. The molecule has 0 unspecified atom stereocenters.